The van der Waals surface area contributed by atoms with E-state index in [9.17, 15) is 4.79 Å². The number of benzene rings is 1. The van der Waals surface area contributed by atoms with Crippen LogP contribution >= 0.6 is 11.8 Å². The van der Waals surface area contributed by atoms with Gasteiger partial charge in [-0.3, -0.25) is 0 Å². The zero-order valence-corrected chi connectivity index (χ0v) is 12.8. The molecule has 1 saturated heterocycles. The molecule has 0 aromatic heterocycles. The van der Waals surface area contributed by atoms with Gasteiger partial charge in [0.15, 0.2) is 0 Å². The van der Waals surface area contributed by atoms with Crippen molar-refractivity contribution in [1.29, 1.82) is 0 Å². The predicted octanol–water partition coefficient (Wildman–Crippen LogP) is 2.86. The van der Waals surface area contributed by atoms with Crippen molar-refractivity contribution in [3.8, 4) is 0 Å². The number of carbonyl (C=O) groups is 1. The topological polar surface area (TPSA) is 32.3 Å². The first kappa shape index (κ1) is 13.8. The molecule has 2 aliphatic rings. The van der Waals surface area contributed by atoms with Crippen LogP contribution in [-0.4, -0.2) is 41.6 Å². The van der Waals surface area contributed by atoms with Crippen LogP contribution in [0.5, 0.6) is 0 Å². The zero-order chi connectivity index (χ0) is 13.9. The van der Waals surface area contributed by atoms with Gasteiger partial charge in [0, 0.05) is 30.8 Å². The normalized spacial score (nSPS) is 25.4. The summed E-state index contributed by atoms with van der Waals surface area (Å²) in [5, 5.41) is 3.13. The Morgan fingerprint density at radius 2 is 2.25 bits per heavy atom. The van der Waals surface area contributed by atoms with Crippen LogP contribution in [0.4, 0.5) is 4.79 Å². The summed E-state index contributed by atoms with van der Waals surface area (Å²) in [6, 6.07) is 9.01. The molecule has 0 spiro atoms. The van der Waals surface area contributed by atoms with Gasteiger partial charge in [-0.15, -0.1) is 0 Å². The highest BCUT2D eigenvalue weighted by Crippen LogP contribution is 2.34. The van der Waals surface area contributed by atoms with E-state index in [-0.39, 0.29) is 6.03 Å². The third-order valence-corrected chi connectivity index (χ3v) is 5.41. The second kappa shape index (κ2) is 6.08. The largest absolute Gasteiger partial charge is 0.337 e. The van der Waals surface area contributed by atoms with E-state index in [4.69, 9.17) is 0 Å². The zero-order valence-electron chi connectivity index (χ0n) is 12.0. The Labute approximate surface area is 125 Å². The number of hydrogen-bond acceptors (Lipinski definition) is 2. The Balaban J connectivity index is 1.53. The summed E-state index contributed by atoms with van der Waals surface area (Å²) < 4.78 is 0. The molecule has 1 aromatic carbocycles. The van der Waals surface area contributed by atoms with Crippen molar-refractivity contribution < 1.29 is 4.79 Å². The van der Waals surface area contributed by atoms with Gasteiger partial charge in [-0.25, -0.2) is 4.79 Å². The highest BCUT2D eigenvalue weighted by atomic mass is 32.2. The van der Waals surface area contributed by atoms with E-state index >= 15 is 0 Å². The molecule has 20 heavy (non-hydrogen) atoms. The fourth-order valence-corrected chi connectivity index (χ4v) is 4.09. The predicted molar refractivity (Wildman–Crippen MR) is 84.4 cm³/mol. The van der Waals surface area contributed by atoms with E-state index in [0.717, 1.165) is 31.7 Å². The number of amides is 2. The van der Waals surface area contributed by atoms with Gasteiger partial charge in [0.2, 0.25) is 0 Å². The van der Waals surface area contributed by atoms with Crippen LogP contribution in [0.3, 0.4) is 0 Å². The Morgan fingerprint density at radius 3 is 3.10 bits per heavy atom. The lowest BCUT2D eigenvalue weighted by Gasteiger charge is -2.32. The Kier molecular flexibility index (Phi) is 4.20. The molecular formula is C16H22N2OS. The molecule has 1 heterocycles. The summed E-state index contributed by atoms with van der Waals surface area (Å²) in [6.07, 6.45) is 2.20. The Bertz CT molecular complexity index is 491. The monoisotopic (exact) mass is 290 g/mol. The molecule has 2 atom stereocenters. The van der Waals surface area contributed by atoms with E-state index < -0.39 is 0 Å². The standard InChI is InChI=1S/C16H22N2OS/c1-12-6-8-20-9-7-18(12)16(19)17-11-14-10-13-4-2-3-5-15(13)14/h2-5,12,14H,6-11H2,1H3,(H,17,19)/t12-,14-/m0/s1. The lowest BCUT2D eigenvalue weighted by molar-refractivity contribution is 0.182. The number of nitrogens with zero attached hydrogens (tertiary/aromatic N) is 1. The number of rotatable bonds is 2. The smallest absolute Gasteiger partial charge is 0.317 e. The summed E-state index contributed by atoms with van der Waals surface area (Å²) in [7, 11) is 0. The summed E-state index contributed by atoms with van der Waals surface area (Å²) >= 11 is 1.95. The highest BCUT2D eigenvalue weighted by molar-refractivity contribution is 7.99. The highest BCUT2D eigenvalue weighted by Gasteiger charge is 2.27. The number of hydrogen-bond donors (Lipinski definition) is 1. The number of carbonyl (C=O) groups excluding carboxylic acids is 1. The second-order valence-corrected chi connectivity index (χ2v) is 6.95. The van der Waals surface area contributed by atoms with E-state index in [1.807, 2.05) is 16.7 Å². The molecule has 0 saturated carbocycles. The van der Waals surface area contributed by atoms with Crippen LogP contribution in [0.2, 0.25) is 0 Å². The fourth-order valence-electron chi connectivity index (χ4n) is 3.05. The maximum atomic E-state index is 12.3. The molecule has 108 valence electrons. The minimum Gasteiger partial charge on any atom is -0.337 e. The van der Waals surface area contributed by atoms with Crippen LogP contribution in [0.1, 0.15) is 30.4 Å². The molecule has 1 aromatic rings. The third-order valence-electron chi connectivity index (χ3n) is 4.41. The summed E-state index contributed by atoms with van der Waals surface area (Å²) in [4.78, 5) is 14.3. The molecule has 1 fully saturated rings. The second-order valence-electron chi connectivity index (χ2n) is 5.73. The van der Waals surface area contributed by atoms with E-state index in [0.29, 0.717) is 12.0 Å². The van der Waals surface area contributed by atoms with Gasteiger partial charge in [-0.2, -0.15) is 11.8 Å². The van der Waals surface area contributed by atoms with Crippen molar-refractivity contribution in [2.24, 2.45) is 0 Å². The minimum atomic E-state index is 0.115. The quantitative estimate of drug-likeness (QED) is 0.908. The molecule has 0 unspecified atom stereocenters. The van der Waals surface area contributed by atoms with Crippen molar-refractivity contribution in [3.05, 3.63) is 35.4 Å². The Morgan fingerprint density at radius 1 is 1.40 bits per heavy atom. The molecule has 3 nitrogen and oxygen atoms in total. The van der Waals surface area contributed by atoms with Gasteiger partial charge in [0.1, 0.15) is 0 Å². The minimum absolute atomic E-state index is 0.115. The maximum Gasteiger partial charge on any atom is 0.317 e. The average Bonchev–Trinajstić information content (AvgIpc) is 2.64. The van der Waals surface area contributed by atoms with Gasteiger partial charge >= 0.3 is 6.03 Å². The van der Waals surface area contributed by atoms with Crippen LogP contribution < -0.4 is 5.32 Å². The van der Waals surface area contributed by atoms with Gasteiger partial charge in [0.25, 0.3) is 0 Å². The molecule has 3 rings (SSSR count). The summed E-state index contributed by atoms with van der Waals surface area (Å²) in [5.41, 5.74) is 2.85. The van der Waals surface area contributed by atoms with Crippen molar-refractivity contribution >= 4 is 17.8 Å². The first-order valence-electron chi connectivity index (χ1n) is 7.45. The summed E-state index contributed by atoms with van der Waals surface area (Å²) in [5.74, 6) is 2.73. The molecule has 1 aliphatic heterocycles. The van der Waals surface area contributed by atoms with Gasteiger partial charge < -0.3 is 10.2 Å². The molecule has 1 aliphatic carbocycles. The van der Waals surface area contributed by atoms with E-state index in [1.165, 1.54) is 16.9 Å². The number of thioether (sulfide) groups is 1. The van der Waals surface area contributed by atoms with Gasteiger partial charge in [-0.05, 0) is 36.6 Å². The summed E-state index contributed by atoms with van der Waals surface area (Å²) in [6.45, 7) is 3.80. The SMILES string of the molecule is C[C@H]1CCSCCN1C(=O)NC[C@@H]1Cc2ccccc21. The fraction of sp³-hybridized carbons (Fsp3) is 0.562. The van der Waals surface area contributed by atoms with Gasteiger partial charge in [-0.1, -0.05) is 24.3 Å². The number of nitrogens with one attached hydrogen (secondary N) is 1. The van der Waals surface area contributed by atoms with E-state index in [2.05, 4.69) is 36.5 Å². The van der Waals surface area contributed by atoms with Gasteiger partial charge in [0.05, 0.1) is 0 Å². The van der Waals surface area contributed by atoms with Crippen LogP contribution in [-0.2, 0) is 6.42 Å². The van der Waals surface area contributed by atoms with Crippen molar-refractivity contribution in [2.75, 3.05) is 24.6 Å². The van der Waals surface area contributed by atoms with Crippen molar-refractivity contribution in [1.82, 2.24) is 10.2 Å². The number of fused-ring (bicyclic) bond motifs is 1. The molecular weight excluding hydrogens is 268 g/mol. The van der Waals surface area contributed by atoms with Crippen molar-refractivity contribution in [3.63, 3.8) is 0 Å². The maximum absolute atomic E-state index is 12.3. The average molecular weight is 290 g/mol. The first-order valence-corrected chi connectivity index (χ1v) is 8.61. The lowest BCUT2D eigenvalue weighted by Crippen LogP contribution is -2.47. The Hall–Kier alpha value is -1.16. The molecule has 1 N–H and O–H groups in total. The number of urea groups is 1. The molecule has 4 heteroatoms. The molecule has 0 bridgehead atoms. The molecule has 2 amide bonds. The molecule has 0 radical (unpaired) electrons. The first-order chi connectivity index (χ1) is 9.75. The van der Waals surface area contributed by atoms with Crippen molar-refractivity contribution in [2.45, 2.75) is 31.7 Å². The van der Waals surface area contributed by atoms with Crippen LogP contribution in [0.15, 0.2) is 24.3 Å². The lowest BCUT2D eigenvalue weighted by atomic mass is 9.78. The third kappa shape index (κ3) is 2.80. The van der Waals surface area contributed by atoms with E-state index in [1.54, 1.807) is 0 Å². The van der Waals surface area contributed by atoms with Crippen LogP contribution in [0, 0.1) is 0 Å². The van der Waals surface area contributed by atoms with Crippen LogP contribution in [0.25, 0.3) is 0 Å².